The Balaban J connectivity index is 0.000000204. The fraction of sp³-hybridized carbons (Fsp3) is 0.280. The number of nitriles is 1. The first-order valence-electron chi connectivity index (χ1n) is 10.2. The predicted molar refractivity (Wildman–Crippen MR) is 123 cm³/mol. The van der Waals surface area contributed by atoms with Gasteiger partial charge in [-0.1, -0.05) is 36.4 Å². The summed E-state index contributed by atoms with van der Waals surface area (Å²) in [6.45, 7) is 2.77. The number of para-hydroxylation sites is 1. The van der Waals surface area contributed by atoms with E-state index in [-0.39, 0.29) is 5.91 Å². The van der Waals surface area contributed by atoms with Crippen LogP contribution in [0.4, 0.5) is 0 Å². The first kappa shape index (κ1) is 20.3. The smallest absolute Gasteiger partial charge is 0.260 e. The molecule has 2 aliphatic rings. The highest BCUT2D eigenvalue weighted by molar-refractivity contribution is 8.03. The van der Waals surface area contributed by atoms with Gasteiger partial charge in [0.15, 0.2) is 0 Å². The third-order valence-corrected chi connectivity index (χ3v) is 7.00. The summed E-state index contributed by atoms with van der Waals surface area (Å²) in [4.78, 5) is 16.2. The minimum atomic E-state index is 0.130. The van der Waals surface area contributed by atoms with Crippen LogP contribution in [0.1, 0.15) is 34.3 Å². The number of amides is 1. The maximum Gasteiger partial charge on any atom is 0.260 e. The summed E-state index contributed by atoms with van der Waals surface area (Å²) in [5.74, 6) is 2.03. The van der Waals surface area contributed by atoms with Crippen LogP contribution in [0.3, 0.4) is 0 Å². The summed E-state index contributed by atoms with van der Waals surface area (Å²) in [6.07, 6.45) is 6.43. The Bertz CT molecular complexity index is 1150. The zero-order valence-corrected chi connectivity index (χ0v) is 18.2. The molecule has 3 heterocycles. The molecule has 0 saturated carbocycles. The Kier molecular flexibility index (Phi) is 5.96. The van der Waals surface area contributed by atoms with Crippen molar-refractivity contribution in [2.24, 2.45) is 13.0 Å². The summed E-state index contributed by atoms with van der Waals surface area (Å²) >= 11 is 1.91. The van der Waals surface area contributed by atoms with Gasteiger partial charge in [-0.3, -0.25) is 4.79 Å². The third kappa shape index (κ3) is 4.01. The van der Waals surface area contributed by atoms with E-state index in [1.807, 2.05) is 83.9 Å². The molecule has 3 aromatic rings. The molecule has 0 N–H and O–H groups in total. The zero-order valence-electron chi connectivity index (χ0n) is 17.3. The number of benzene rings is 2. The van der Waals surface area contributed by atoms with Crippen LogP contribution in [-0.2, 0) is 7.05 Å². The molecule has 1 atom stereocenters. The lowest BCUT2D eigenvalue weighted by Gasteiger charge is -2.27. The summed E-state index contributed by atoms with van der Waals surface area (Å²) in [7, 11) is 2.00. The molecule has 1 fully saturated rings. The van der Waals surface area contributed by atoms with Crippen molar-refractivity contribution in [2.45, 2.75) is 19.8 Å². The number of nitrogens with zero attached hydrogens (tertiary/aromatic N) is 3. The molecule has 0 spiro atoms. The van der Waals surface area contributed by atoms with Crippen molar-refractivity contribution in [1.82, 2.24) is 9.47 Å². The van der Waals surface area contributed by atoms with Gasteiger partial charge in [0.2, 0.25) is 0 Å². The van der Waals surface area contributed by atoms with Gasteiger partial charge < -0.3 is 9.47 Å². The highest BCUT2D eigenvalue weighted by Crippen LogP contribution is 2.41. The largest absolute Gasteiger partial charge is 0.350 e. The van der Waals surface area contributed by atoms with Crippen molar-refractivity contribution in [3.05, 3.63) is 82.5 Å². The normalized spacial score (nSPS) is 17.6. The van der Waals surface area contributed by atoms with Crippen LogP contribution in [0.2, 0.25) is 0 Å². The quantitative estimate of drug-likeness (QED) is 0.528. The van der Waals surface area contributed by atoms with Crippen molar-refractivity contribution in [3.63, 3.8) is 0 Å². The minimum absolute atomic E-state index is 0.130. The van der Waals surface area contributed by atoms with Gasteiger partial charge in [0.05, 0.1) is 17.2 Å². The van der Waals surface area contributed by atoms with E-state index in [1.165, 1.54) is 17.1 Å². The third-order valence-electron chi connectivity index (χ3n) is 5.79. The van der Waals surface area contributed by atoms with E-state index in [9.17, 15) is 4.79 Å². The molecular formula is C25H25N3OS. The standard InChI is InChI=1S/C17H18N2OS.C8H7N/c1-18-10-14(13-4-2-3-5-15(13)18)17(20)19-8-6-12-7-9-21-16(12)11-19;1-7-4-2-3-5-8(7)6-9/h2-5,10-12H,6-9H2,1H3;2-5H,1H3. The summed E-state index contributed by atoms with van der Waals surface area (Å²) < 4.78 is 2.03. The van der Waals surface area contributed by atoms with Crippen LogP contribution < -0.4 is 0 Å². The van der Waals surface area contributed by atoms with Gasteiger partial charge in [0.25, 0.3) is 5.91 Å². The molecule has 1 unspecified atom stereocenters. The van der Waals surface area contributed by atoms with Gasteiger partial charge in [-0.15, -0.1) is 11.8 Å². The molecule has 5 heteroatoms. The number of carbonyl (C=O) groups is 1. The Morgan fingerprint density at radius 2 is 1.90 bits per heavy atom. The number of fused-ring (bicyclic) bond motifs is 2. The molecule has 0 aliphatic carbocycles. The molecule has 5 rings (SSSR count). The van der Waals surface area contributed by atoms with Crippen LogP contribution in [0.25, 0.3) is 10.9 Å². The number of thioether (sulfide) groups is 1. The van der Waals surface area contributed by atoms with Crippen molar-refractivity contribution in [3.8, 4) is 6.07 Å². The lowest BCUT2D eigenvalue weighted by atomic mass is 9.99. The molecule has 2 aliphatic heterocycles. The highest BCUT2D eigenvalue weighted by atomic mass is 32.2. The highest BCUT2D eigenvalue weighted by Gasteiger charge is 2.29. The van der Waals surface area contributed by atoms with Gasteiger partial charge >= 0.3 is 0 Å². The van der Waals surface area contributed by atoms with E-state index >= 15 is 0 Å². The number of rotatable bonds is 1. The van der Waals surface area contributed by atoms with E-state index in [4.69, 9.17) is 5.26 Å². The Morgan fingerprint density at radius 3 is 2.67 bits per heavy atom. The zero-order chi connectivity index (χ0) is 21.1. The van der Waals surface area contributed by atoms with Crippen LogP contribution in [-0.4, -0.2) is 27.7 Å². The number of carbonyl (C=O) groups excluding carboxylic acids is 1. The molecule has 2 aromatic carbocycles. The van der Waals surface area contributed by atoms with Gasteiger partial charge in [-0.05, 0) is 49.1 Å². The topological polar surface area (TPSA) is 49.0 Å². The van der Waals surface area contributed by atoms with Gasteiger partial charge in [0, 0.05) is 41.8 Å². The summed E-state index contributed by atoms with van der Waals surface area (Å²) in [5.41, 5.74) is 3.72. The van der Waals surface area contributed by atoms with Crippen molar-refractivity contribution in [1.29, 1.82) is 5.26 Å². The fourth-order valence-corrected chi connectivity index (χ4v) is 5.36. The molecular weight excluding hydrogens is 390 g/mol. The maximum absolute atomic E-state index is 12.9. The first-order valence-corrected chi connectivity index (χ1v) is 11.2. The summed E-state index contributed by atoms with van der Waals surface area (Å²) in [6, 6.07) is 17.7. The number of aromatic nitrogens is 1. The average molecular weight is 416 g/mol. The van der Waals surface area contributed by atoms with Crippen molar-refractivity contribution < 1.29 is 4.79 Å². The Morgan fingerprint density at radius 1 is 1.13 bits per heavy atom. The second-order valence-corrected chi connectivity index (χ2v) is 8.92. The lowest BCUT2D eigenvalue weighted by Crippen LogP contribution is -2.31. The first-order chi connectivity index (χ1) is 14.6. The van der Waals surface area contributed by atoms with Crippen molar-refractivity contribution in [2.75, 3.05) is 12.3 Å². The van der Waals surface area contributed by atoms with E-state index < -0.39 is 0 Å². The molecule has 152 valence electrons. The average Bonchev–Trinajstić information content (AvgIpc) is 3.38. The molecule has 4 nitrogen and oxygen atoms in total. The molecule has 0 radical (unpaired) electrons. The minimum Gasteiger partial charge on any atom is -0.350 e. The second kappa shape index (κ2) is 8.81. The number of allylic oxidation sites excluding steroid dienone is 1. The van der Waals surface area contributed by atoms with Gasteiger partial charge in [-0.2, -0.15) is 5.26 Å². The van der Waals surface area contributed by atoms with E-state index in [1.54, 1.807) is 0 Å². The predicted octanol–water partition coefficient (Wildman–Crippen LogP) is 5.49. The lowest BCUT2D eigenvalue weighted by molar-refractivity contribution is 0.0809. The SMILES string of the molecule is Cc1ccccc1C#N.Cn1cc(C(=O)N2C=C3SCCC3CC2)c2ccccc21. The van der Waals surface area contributed by atoms with Gasteiger partial charge in [-0.25, -0.2) is 0 Å². The van der Waals surface area contributed by atoms with E-state index in [2.05, 4.69) is 18.3 Å². The number of aryl methyl sites for hydroxylation is 2. The Hall–Kier alpha value is -2.97. The van der Waals surface area contributed by atoms with Crippen molar-refractivity contribution >= 4 is 28.6 Å². The van der Waals surface area contributed by atoms with E-state index in [0.717, 1.165) is 40.6 Å². The molecule has 1 aromatic heterocycles. The van der Waals surface area contributed by atoms with E-state index in [0.29, 0.717) is 5.92 Å². The van der Waals surface area contributed by atoms with Crippen LogP contribution in [0.15, 0.2) is 65.8 Å². The van der Waals surface area contributed by atoms with Crippen LogP contribution >= 0.6 is 11.8 Å². The van der Waals surface area contributed by atoms with Gasteiger partial charge in [0.1, 0.15) is 0 Å². The maximum atomic E-state index is 12.9. The molecule has 30 heavy (non-hydrogen) atoms. The monoisotopic (exact) mass is 415 g/mol. The number of hydrogen-bond acceptors (Lipinski definition) is 3. The molecule has 1 amide bonds. The summed E-state index contributed by atoms with van der Waals surface area (Å²) in [5, 5.41) is 9.51. The number of hydrogen-bond donors (Lipinski definition) is 0. The van der Waals surface area contributed by atoms with Crippen LogP contribution in [0, 0.1) is 24.2 Å². The van der Waals surface area contributed by atoms with Crippen LogP contribution in [0.5, 0.6) is 0 Å². The molecule has 1 saturated heterocycles. The fourth-order valence-electron chi connectivity index (χ4n) is 4.05. The second-order valence-electron chi connectivity index (χ2n) is 7.75. The Labute approximate surface area is 181 Å². The molecule has 0 bridgehead atoms.